The van der Waals surface area contributed by atoms with Crippen molar-refractivity contribution in [1.82, 2.24) is 0 Å². The Morgan fingerprint density at radius 1 is 0.727 bits per heavy atom. The van der Waals surface area contributed by atoms with E-state index in [2.05, 4.69) is 0 Å². The van der Waals surface area contributed by atoms with Crippen LogP contribution in [-0.2, 0) is 24.6 Å². The third kappa shape index (κ3) is 10.5. The molecule has 0 amide bonds. The summed E-state index contributed by atoms with van der Waals surface area (Å²) in [6.45, 7) is 0. The van der Waals surface area contributed by atoms with Gasteiger partial charge in [0.05, 0.1) is 0 Å². The summed E-state index contributed by atoms with van der Waals surface area (Å²) in [5.41, 5.74) is 0. The summed E-state index contributed by atoms with van der Waals surface area (Å²) in [6, 6.07) is 0. The fraction of sp³-hybridized carbons (Fsp3) is 1.00. The van der Waals surface area contributed by atoms with Gasteiger partial charge in [-0.05, 0) is 0 Å². The molecule has 0 fully saturated rings. The minimum absolute atomic E-state index is 1.15. The van der Waals surface area contributed by atoms with Crippen LogP contribution in [0.4, 0.5) is 26.3 Å². The number of halogens is 6. The van der Waals surface area contributed by atoms with Crippen LogP contribution in [0.2, 0.25) is 7.86 Å². The molecule has 0 saturated carbocycles. The van der Waals surface area contributed by atoms with Crippen molar-refractivity contribution in [2.75, 3.05) is 0 Å². The van der Waals surface area contributed by atoms with E-state index in [9.17, 15) is 26.3 Å². The third-order valence-electron chi connectivity index (χ3n) is 0.921. The van der Waals surface area contributed by atoms with Crippen LogP contribution in [0.3, 0.4) is 0 Å². The molecule has 64 valence electrons. The van der Waals surface area contributed by atoms with Crippen molar-refractivity contribution >= 4 is 0 Å². The maximum atomic E-state index is 11.3. The van der Waals surface area contributed by atoms with Crippen molar-refractivity contribution in [3.05, 3.63) is 0 Å². The first-order valence-corrected chi connectivity index (χ1v) is 10.6. The van der Waals surface area contributed by atoms with Crippen molar-refractivity contribution in [1.29, 1.82) is 0 Å². The van der Waals surface area contributed by atoms with E-state index in [1.807, 2.05) is 0 Å². The summed E-state index contributed by atoms with van der Waals surface area (Å²) in [6.07, 6.45) is -8.76. The molecule has 0 radical (unpaired) electrons. The average Bonchev–Trinajstić information content (AvgIpc) is 1.55. The van der Waals surface area contributed by atoms with Crippen LogP contribution >= 0.6 is 0 Å². The van der Waals surface area contributed by atoms with Gasteiger partial charge in [-0.3, -0.25) is 0 Å². The molecule has 7 heteroatoms. The molecule has 0 N–H and O–H groups in total. The van der Waals surface area contributed by atoms with Gasteiger partial charge in [0.1, 0.15) is 0 Å². The van der Waals surface area contributed by atoms with Crippen LogP contribution in [-0.4, -0.2) is 12.4 Å². The SMILES string of the molecule is FC(F)(F)[CH2][Hg][CH2]C(F)(F)F. The van der Waals surface area contributed by atoms with E-state index >= 15 is 0 Å². The van der Waals surface area contributed by atoms with Gasteiger partial charge in [0.25, 0.3) is 0 Å². The van der Waals surface area contributed by atoms with E-state index in [0.29, 0.717) is 0 Å². The Balaban J connectivity index is 3.44. The summed E-state index contributed by atoms with van der Waals surface area (Å²) >= 11 is -2.75. The monoisotopic (exact) mass is 368 g/mol. The quantitative estimate of drug-likeness (QED) is 0.520. The zero-order valence-electron chi connectivity index (χ0n) is 5.39. The first kappa shape index (κ1) is 11.5. The Hall–Kier alpha value is 0.515. The molecule has 0 aliphatic rings. The molecule has 0 aliphatic carbocycles. The second-order valence-corrected chi connectivity index (χ2v) is 8.72. The standard InChI is InChI=1S/2C2H2F3.Hg/c2*1-2(3,4)5;/h2*1H2;. The van der Waals surface area contributed by atoms with Crippen molar-refractivity contribution in [2.45, 2.75) is 20.2 Å². The molecule has 11 heavy (non-hydrogen) atoms. The van der Waals surface area contributed by atoms with Crippen LogP contribution in [0.25, 0.3) is 0 Å². The van der Waals surface area contributed by atoms with E-state index < -0.39 is 44.8 Å². The molecule has 0 spiro atoms. The molecule has 0 aromatic heterocycles. The Labute approximate surface area is 71.4 Å². The molecule has 0 aromatic rings. The van der Waals surface area contributed by atoms with Gasteiger partial charge in [-0.1, -0.05) is 0 Å². The molecule has 0 heterocycles. The zero-order valence-corrected chi connectivity index (χ0v) is 10.9. The molecule has 0 nitrogen and oxygen atoms in total. The van der Waals surface area contributed by atoms with E-state index in [4.69, 9.17) is 0 Å². The molecule has 0 saturated heterocycles. The number of rotatable bonds is 2. The fourth-order valence-electron chi connectivity index (χ4n) is 0.489. The summed E-state index contributed by atoms with van der Waals surface area (Å²) in [5.74, 6) is 0. The number of hydrogen-bond acceptors (Lipinski definition) is 0. The molecule has 0 rings (SSSR count). The van der Waals surface area contributed by atoms with Gasteiger partial charge in [-0.25, -0.2) is 0 Å². The average molecular weight is 367 g/mol. The summed E-state index contributed by atoms with van der Waals surface area (Å²) < 4.78 is 65.6. The number of hydrogen-bond donors (Lipinski definition) is 0. The van der Waals surface area contributed by atoms with Crippen LogP contribution in [0.15, 0.2) is 0 Å². The second kappa shape index (κ2) is 3.95. The Kier molecular flexibility index (Phi) is 4.14. The molecule has 0 atom stereocenters. The van der Waals surface area contributed by atoms with Gasteiger partial charge in [-0.15, -0.1) is 0 Å². The van der Waals surface area contributed by atoms with E-state index in [-0.39, 0.29) is 0 Å². The first-order valence-electron chi connectivity index (χ1n) is 2.84. The van der Waals surface area contributed by atoms with Crippen LogP contribution < -0.4 is 0 Å². The van der Waals surface area contributed by atoms with E-state index in [0.717, 1.165) is 0 Å². The van der Waals surface area contributed by atoms with E-state index in [1.54, 1.807) is 0 Å². The van der Waals surface area contributed by atoms with Crippen molar-refractivity contribution in [2.24, 2.45) is 0 Å². The summed E-state index contributed by atoms with van der Waals surface area (Å²) in [7, 11) is 0. The maximum absolute atomic E-state index is 11.3. The van der Waals surface area contributed by atoms with Gasteiger partial charge in [-0.2, -0.15) is 0 Å². The van der Waals surface area contributed by atoms with Crippen molar-refractivity contribution in [3.8, 4) is 0 Å². The normalized spacial score (nSPS) is 12.9. The van der Waals surface area contributed by atoms with Gasteiger partial charge in [0, 0.05) is 0 Å². The molecular weight excluding hydrogens is 363 g/mol. The van der Waals surface area contributed by atoms with Gasteiger partial charge in [0.2, 0.25) is 0 Å². The molecule has 0 aromatic carbocycles. The molecule has 0 bridgehead atoms. The number of alkyl halides is 6. The summed E-state index contributed by atoms with van der Waals surface area (Å²) in [5, 5.41) is 0. The predicted molar refractivity (Wildman–Crippen MR) is 21.7 cm³/mol. The van der Waals surface area contributed by atoms with Crippen LogP contribution in [0, 0.1) is 0 Å². The Bertz CT molecular complexity index is 98.7. The van der Waals surface area contributed by atoms with Crippen LogP contribution in [0.1, 0.15) is 0 Å². The topological polar surface area (TPSA) is 0 Å². The van der Waals surface area contributed by atoms with Gasteiger partial charge < -0.3 is 0 Å². The fourth-order valence-corrected chi connectivity index (χ4v) is 4.29. The minimum atomic E-state index is -4.38. The predicted octanol–water partition coefficient (Wildman–Crippen LogP) is 3.03. The van der Waals surface area contributed by atoms with Gasteiger partial charge >= 0.3 is 71.1 Å². The molecular formula is C4H4F6Hg. The zero-order chi connectivity index (χ0) is 9.12. The van der Waals surface area contributed by atoms with E-state index in [1.165, 1.54) is 0 Å². The van der Waals surface area contributed by atoms with Gasteiger partial charge in [0.15, 0.2) is 0 Å². The summed E-state index contributed by atoms with van der Waals surface area (Å²) in [4.78, 5) is 0. The Morgan fingerprint density at radius 3 is 1.18 bits per heavy atom. The third-order valence-corrected chi connectivity index (χ3v) is 8.08. The molecule has 0 unspecified atom stereocenters. The van der Waals surface area contributed by atoms with Crippen molar-refractivity contribution in [3.63, 3.8) is 0 Å². The molecule has 0 aliphatic heterocycles. The Morgan fingerprint density at radius 2 is 1.00 bits per heavy atom. The van der Waals surface area contributed by atoms with Crippen molar-refractivity contribution < 1.29 is 50.9 Å². The first-order chi connectivity index (χ1) is 4.71. The van der Waals surface area contributed by atoms with Crippen LogP contribution in [0.5, 0.6) is 0 Å². The second-order valence-electron chi connectivity index (χ2n) is 2.08.